The zero-order chi connectivity index (χ0) is 25.1. The number of nitrogens with zero attached hydrogens (tertiary/aromatic N) is 6. The van der Waals surface area contributed by atoms with Crippen molar-refractivity contribution in [3.8, 4) is 28.6 Å². The molecule has 1 amide bonds. The van der Waals surface area contributed by atoms with E-state index in [0.717, 1.165) is 10.8 Å². The van der Waals surface area contributed by atoms with Crippen molar-refractivity contribution in [3.63, 3.8) is 0 Å². The van der Waals surface area contributed by atoms with Crippen LogP contribution in [0, 0.1) is 0 Å². The van der Waals surface area contributed by atoms with Crippen LogP contribution in [0.25, 0.3) is 27.8 Å². The number of fused-ring (bicyclic) bond motifs is 1. The van der Waals surface area contributed by atoms with Crippen LogP contribution in [0.15, 0.2) is 70.4 Å². The van der Waals surface area contributed by atoms with Crippen molar-refractivity contribution in [2.24, 2.45) is 5.10 Å². The molecule has 0 atom stereocenters. The van der Waals surface area contributed by atoms with E-state index in [1.165, 1.54) is 18.0 Å². The van der Waals surface area contributed by atoms with Crippen molar-refractivity contribution in [1.29, 1.82) is 0 Å². The van der Waals surface area contributed by atoms with E-state index in [9.17, 15) is 4.79 Å². The Labute approximate surface area is 204 Å². The smallest absolute Gasteiger partial charge is 0.294 e. The van der Waals surface area contributed by atoms with E-state index in [2.05, 4.69) is 31.2 Å². The Hall–Kier alpha value is -5.26. The van der Waals surface area contributed by atoms with E-state index in [0.29, 0.717) is 28.3 Å². The summed E-state index contributed by atoms with van der Waals surface area (Å²) in [5, 5.41) is 21.6. The number of nitrogens with two attached hydrogens (primary N) is 1. The predicted octanol–water partition coefficient (Wildman–Crippen LogP) is 2.83. The minimum Gasteiger partial charge on any atom is -0.497 e. The molecule has 12 nitrogen and oxygen atoms in total. The number of hydrogen-bond donors (Lipinski definition) is 2. The molecule has 0 spiro atoms. The SMILES string of the molecule is COc1cccc(-c2c(C(=O)N/N=C\c3c(OC)ccc4ccccc34)nnn2-c2nonc2N)c1. The normalized spacial score (nSPS) is 11.2. The van der Waals surface area contributed by atoms with Crippen molar-refractivity contribution in [1.82, 2.24) is 30.7 Å². The number of benzene rings is 3. The number of aromatic nitrogens is 5. The standard InChI is InChI=1S/C24H20N8O4/c1-34-16-8-5-7-15(12-16)21-20(27-31-32(21)23-22(25)29-36-30-23)24(33)28-26-13-18-17-9-4-3-6-14(17)10-11-19(18)35-2/h3-13H,1-2H3,(H2,25,29)(H,28,33)/b26-13-. The topological polar surface area (TPSA) is 156 Å². The van der Waals surface area contributed by atoms with Crippen LogP contribution in [0.2, 0.25) is 0 Å². The monoisotopic (exact) mass is 484 g/mol. The molecule has 0 aliphatic heterocycles. The average molecular weight is 484 g/mol. The highest BCUT2D eigenvalue weighted by Gasteiger charge is 2.25. The summed E-state index contributed by atoms with van der Waals surface area (Å²) >= 11 is 0. The number of carbonyl (C=O) groups is 1. The highest BCUT2D eigenvalue weighted by Crippen LogP contribution is 2.29. The molecule has 3 N–H and O–H groups in total. The number of nitrogens with one attached hydrogen (secondary N) is 1. The van der Waals surface area contributed by atoms with E-state index in [1.807, 2.05) is 36.4 Å². The predicted molar refractivity (Wildman–Crippen MR) is 131 cm³/mol. The molecule has 0 bridgehead atoms. The van der Waals surface area contributed by atoms with E-state index in [4.69, 9.17) is 19.8 Å². The zero-order valence-corrected chi connectivity index (χ0v) is 19.2. The number of rotatable bonds is 7. The van der Waals surface area contributed by atoms with Crippen molar-refractivity contribution >= 4 is 28.7 Å². The van der Waals surface area contributed by atoms with Crippen molar-refractivity contribution < 1.29 is 18.9 Å². The van der Waals surface area contributed by atoms with Gasteiger partial charge < -0.3 is 15.2 Å². The number of nitrogen functional groups attached to an aromatic ring is 1. The molecule has 2 aromatic heterocycles. The number of carbonyl (C=O) groups excluding carboxylic acids is 1. The lowest BCUT2D eigenvalue weighted by Gasteiger charge is -2.09. The lowest BCUT2D eigenvalue weighted by molar-refractivity contribution is 0.0950. The van der Waals surface area contributed by atoms with Gasteiger partial charge in [0.1, 0.15) is 17.2 Å². The van der Waals surface area contributed by atoms with Gasteiger partial charge in [-0.3, -0.25) is 4.79 Å². The number of hydrogen-bond acceptors (Lipinski definition) is 10. The number of hydrazone groups is 1. The average Bonchev–Trinajstić information content (AvgIpc) is 3.54. The van der Waals surface area contributed by atoms with Crippen LogP contribution in [-0.4, -0.2) is 51.6 Å². The second kappa shape index (κ2) is 9.54. The zero-order valence-electron chi connectivity index (χ0n) is 19.2. The third kappa shape index (κ3) is 4.07. The Morgan fingerprint density at radius 2 is 1.94 bits per heavy atom. The fraction of sp³-hybridized carbons (Fsp3) is 0.0833. The highest BCUT2D eigenvalue weighted by molar-refractivity contribution is 6.03. The van der Waals surface area contributed by atoms with Gasteiger partial charge in [0.25, 0.3) is 5.91 Å². The molecule has 0 saturated heterocycles. The van der Waals surface area contributed by atoms with Gasteiger partial charge in [-0.2, -0.15) is 9.78 Å². The number of anilines is 1. The fourth-order valence-corrected chi connectivity index (χ4v) is 3.75. The molecule has 5 rings (SSSR count). The molecule has 0 fully saturated rings. The maximum atomic E-state index is 13.2. The first kappa shape index (κ1) is 22.5. The molecule has 5 aromatic rings. The molecule has 12 heteroatoms. The van der Waals surface area contributed by atoms with Gasteiger partial charge in [0.05, 0.1) is 20.4 Å². The van der Waals surface area contributed by atoms with E-state index < -0.39 is 5.91 Å². The quantitative estimate of drug-likeness (QED) is 0.262. The number of amides is 1. The van der Waals surface area contributed by atoms with Crippen LogP contribution in [0.5, 0.6) is 11.5 Å². The fourth-order valence-electron chi connectivity index (χ4n) is 3.75. The van der Waals surface area contributed by atoms with Gasteiger partial charge in [0, 0.05) is 11.1 Å². The summed E-state index contributed by atoms with van der Waals surface area (Å²) in [7, 11) is 3.11. The first-order chi connectivity index (χ1) is 17.6. The van der Waals surface area contributed by atoms with E-state index in [1.54, 1.807) is 31.4 Å². The molecule has 0 unspecified atom stereocenters. The van der Waals surface area contributed by atoms with Crippen LogP contribution in [0.4, 0.5) is 5.82 Å². The van der Waals surface area contributed by atoms with Crippen LogP contribution >= 0.6 is 0 Å². The highest BCUT2D eigenvalue weighted by atomic mass is 16.6. The second-order valence-corrected chi connectivity index (χ2v) is 7.51. The summed E-state index contributed by atoms with van der Waals surface area (Å²) in [6.45, 7) is 0. The van der Waals surface area contributed by atoms with Gasteiger partial charge in [-0.15, -0.1) is 5.10 Å². The maximum absolute atomic E-state index is 13.2. The van der Waals surface area contributed by atoms with Gasteiger partial charge in [0.15, 0.2) is 5.69 Å². The molecule has 0 saturated carbocycles. The van der Waals surface area contributed by atoms with Gasteiger partial charge in [-0.25, -0.2) is 10.1 Å². The summed E-state index contributed by atoms with van der Waals surface area (Å²) in [5.74, 6) is 0.646. The Balaban J connectivity index is 1.52. The molecule has 2 heterocycles. The maximum Gasteiger partial charge on any atom is 0.294 e. The van der Waals surface area contributed by atoms with E-state index in [-0.39, 0.29) is 17.3 Å². The second-order valence-electron chi connectivity index (χ2n) is 7.51. The third-order valence-electron chi connectivity index (χ3n) is 5.44. The molecular formula is C24H20N8O4. The van der Waals surface area contributed by atoms with Gasteiger partial charge in [-0.05, 0) is 39.3 Å². The Bertz CT molecular complexity index is 1590. The first-order valence-electron chi connectivity index (χ1n) is 10.7. The third-order valence-corrected chi connectivity index (χ3v) is 5.44. The van der Waals surface area contributed by atoms with Gasteiger partial charge >= 0.3 is 0 Å². The molecule has 0 radical (unpaired) electrons. The summed E-state index contributed by atoms with van der Waals surface area (Å²) in [6, 6.07) is 18.6. The Kier molecular flexibility index (Phi) is 5.97. The Morgan fingerprint density at radius 3 is 2.72 bits per heavy atom. The molecule has 0 aliphatic carbocycles. The lowest BCUT2D eigenvalue weighted by atomic mass is 10.0. The largest absolute Gasteiger partial charge is 0.497 e. The van der Waals surface area contributed by atoms with E-state index >= 15 is 0 Å². The van der Waals surface area contributed by atoms with Crippen LogP contribution in [0.3, 0.4) is 0 Å². The minimum atomic E-state index is -0.607. The van der Waals surface area contributed by atoms with Crippen LogP contribution in [0.1, 0.15) is 16.1 Å². The van der Waals surface area contributed by atoms with Gasteiger partial charge in [-0.1, -0.05) is 47.7 Å². The molecule has 0 aliphatic rings. The number of methoxy groups -OCH3 is 2. The van der Waals surface area contributed by atoms with Crippen LogP contribution < -0.4 is 20.6 Å². The van der Waals surface area contributed by atoms with Crippen molar-refractivity contribution in [3.05, 3.63) is 71.9 Å². The molecule has 36 heavy (non-hydrogen) atoms. The lowest BCUT2D eigenvalue weighted by Crippen LogP contribution is -2.19. The molecule has 3 aromatic carbocycles. The summed E-state index contributed by atoms with van der Waals surface area (Å²) < 4.78 is 16.8. The van der Waals surface area contributed by atoms with Crippen molar-refractivity contribution in [2.45, 2.75) is 0 Å². The number of ether oxygens (including phenoxy) is 2. The molecule has 180 valence electrons. The molecular weight excluding hydrogens is 464 g/mol. The van der Waals surface area contributed by atoms with Crippen LogP contribution in [-0.2, 0) is 0 Å². The summed E-state index contributed by atoms with van der Waals surface area (Å²) in [4.78, 5) is 13.2. The minimum absolute atomic E-state index is 0.0166. The van der Waals surface area contributed by atoms with Gasteiger partial charge in [0.2, 0.25) is 11.6 Å². The summed E-state index contributed by atoms with van der Waals surface area (Å²) in [6.07, 6.45) is 1.52. The first-order valence-corrected chi connectivity index (χ1v) is 10.7. The summed E-state index contributed by atoms with van der Waals surface area (Å²) in [5.41, 5.74) is 9.94. The van der Waals surface area contributed by atoms with Crippen molar-refractivity contribution in [2.75, 3.05) is 20.0 Å². The Morgan fingerprint density at radius 1 is 1.08 bits per heavy atom.